The van der Waals surface area contributed by atoms with Crippen molar-refractivity contribution in [2.24, 2.45) is 18.0 Å². The van der Waals surface area contributed by atoms with Crippen molar-refractivity contribution in [2.45, 2.75) is 32.9 Å². The Hall–Kier alpha value is -1.74. The van der Waals surface area contributed by atoms with E-state index in [-0.39, 0.29) is 24.0 Å². The molecule has 1 aliphatic heterocycles. The van der Waals surface area contributed by atoms with Crippen LogP contribution in [0.1, 0.15) is 30.9 Å². The maximum absolute atomic E-state index is 9.29. The van der Waals surface area contributed by atoms with Gasteiger partial charge in [0.2, 0.25) is 0 Å². The predicted octanol–water partition coefficient (Wildman–Crippen LogP) is 3.11. The molecule has 0 radical (unpaired) electrons. The number of rotatable bonds is 7. The van der Waals surface area contributed by atoms with Gasteiger partial charge in [0.05, 0.1) is 6.54 Å². The van der Waals surface area contributed by atoms with Crippen molar-refractivity contribution in [3.63, 3.8) is 0 Å². The lowest BCUT2D eigenvalue weighted by Gasteiger charge is -2.33. The van der Waals surface area contributed by atoms with Crippen LogP contribution in [0.2, 0.25) is 0 Å². The minimum atomic E-state index is 0. The number of benzene rings is 1. The van der Waals surface area contributed by atoms with E-state index in [1.165, 1.54) is 16.8 Å². The Morgan fingerprint density at radius 2 is 1.83 bits per heavy atom. The second-order valence-corrected chi connectivity index (χ2v) is 7.51. The molecule has 160 valence electrons. The van der Waals surface area contributed by atoms with Crippen molar-refractivity contribution in [1.29, 1.82) is 0 Å². The number of aliphatic hydroxyl groups is 1. The summed E-state index contributed by atoms with van der Waals surface area (Å²) >= 11 is 0. The molecule has 1 fully saturated rings. The molecule has 0 unspecified atom stereocenters. The Bertz CT molecular complexity index is 751. The largest absolute Gasteiger partial charge is 0.396 e. The van der Waals surface area contributed by atoms with Crippen LogP contribution in [0.25, 0.3) is 0 Å². The fourth-order valence-electron chi connectivity index (χ4n) is 3.55. The van der Waals surface area contributed by atoms with E-state index in [1.54, 1.807) is 0 Å². The SMILES string of the molecule is CCNC(=NCc1ccn(C)c1)NCc1ccc(N2CCC(CO)CC2)cc1.I. The number of anilines is 1. The van der Waals surface area contributed by atoms with Crippen LogP contribution in [-0.2, 0) is 20.1 Å². The van der Waals surface area contributed by atoms with Crippen LogP contribution in [0.3, 0.4) is 0 Å². The van der Waals surface area contributed by atoms with Crippen LogP contribution in [0, 0.1) is 5.92 Å². The van der Waals surface area contributed by atoms with Gasteiger partial charge in [-0.25, -0.2) is 4.99 Å². The average molecular weight is 511 g/mol. The normalized spacial score (nSPS) is 15.1. The molecular formula is C22H34IN5O. The van der Waals surface area contributed by atoms with Gasteiger partial charge in [-0.15, -0.1) is 24.0 Å². The number of aliphatic imine (C=N–C) groups is 1. The van der Waals surface area contributed by atoms with Gasteiger partial charge in [-0.2, -0.15) is 0 Å². The number of nitrogens with one attached hydrogen (secondary N) is 2. The topological polar surface area (TPSA) is 64.8 Å². The molecule has 0 spiro atoms. The van der Waals surface area contributed by atoms with Crippen molar-refractivity contribution in [2.75, 3.05) is 31.1 Å². The van der Waals surface area contributed by atoms with Gasteiger partial charge in [0.1, 0.15) is 0 Å². The van der Waals surface area contributed by atoms with E-state index in [0.717, 1.165) is 45.0 Å². The van der Waals surface area contributed by atoms with Crippen molar-refractivity contribution >= 4 is 35.6 Å². The van der Waals surface area contributed by atoms with Crippen LogP contribution < -0.4 is 15.5 Å². The monoisotopic (exact) mass is 511 g/mol. The number of hydrogen-bond donors (Lipinski definition) is 3. The number of aryl methyl sites for hydroxylation is 1. The summed E-state index contributed by atoms with van der Waals surface area (Å²) in [5.74, 6) is 1.31. The first-order valence-corrected chi connectivity index (χ1v) is 10.3. The van der Waals surface area contributed by atoms with Gasteiger partial charge in [0.25, 0.3) is 0 Å². The van der Waals surface area contributed by atoms with Crippen LogP contribution in [-0.4, -0.2) is 41.9 Å². The first kappa shape index (κ1) is 23.5. The molecule has 29 heavy (non-hydrogen) atoms. The van der Waals surface area contributed by atoms with Gasteiger partial charge in [-0.05, 0) is 55.0 Å². The predicted molar refractivity (Wildman–Crippen MR) is 131 cm³/mol. The zero-order chi connectivity index (χ0) is 19.8. The number of guanidine groups is 1. The van der Waals surface area contributed by atoms with Crippen molar-refractivity contribution < 1.29 is 5.11 Å². The molecule has 0 saturated carbocycles. The van der Waals surface area contributed by atoms with Crippen LogP contribution in [0.5, 0.6) is 0 Å². The summed E-state index contributed by atoms with van der Waals surface area (Å²) in [4.78, 5) is 7.08. The maximum Gasteiger partial charge on any atom is 0.191 e. The standard InChI is InChI=1S/C22H33N5O.HI/c1-3-23-22(25-15-20-8-11-26(2)16-20)24-14-18-4-6-21(7-5-18)27-12-9-19(17-28)10-13-27;/h4-8,11,16,19,28H,3,9-10,12-15,17H2,1-2H3,(H2,23,24,25);1H. The van der Waals surface area contributed by atoms with E-state index >= 15 is 0 Å². The van der Waals surface area contributed by atoms with E-state index in [1.807, 2.05) is 17.8 Å². The number of halogens is 1. The average Bonchev–Trinajstić information content (AvgIpc) is 3.16. The minimum Gasteiger partial charge on any atom is -0.396 e. The summed E-state index contributed by atoms with van der Waals surface area (Å²) in [5.41, 5.74) is 3.71. The van der Waals surface area contributed by atoms with Gasteiger partial charge in [0, 0.05) is 57.9 Å². The lowest BCUT2D eigenvalue weighted by molar-refractivity contribution is 0.203. The van der Waals surface area contributed by atoms with Crippen LogP contribution in [0.4, 0.5) is 5.69 Å². The van der Waals surface area contributed by atoms with Gasteiger partial charge < -0.3 is 25.2 Å². The molecule has 1 aromatic heterocycles. The highest BCUT2D eigenvalue weighted by molar-refractivity contribution is 14.0. The molecule has 7 heteroatoms. The Labute approximate surface area is 191 Å². The quantitative estimate of drug-likeness (QED) is 0.304. The first-order chi connectivity index (χ1) is 13.7. The van der Waals surface area contributed by atoms with E-state index in [4.69, 9.17) is 0 Å². The Kier molecular flexibility index (Phi) is 9.80. The fraction of sp³-hybridized carbons (Fsp3) is 0.500. The maximum atomic E-state index is 9.29. The molecule has 1 aliphatic rings. The highest BCUT2D eigenvalue weighted by atomic mass is 127. The lowest BCUT2D eigenvalue weighted by atomic mass is 9.97. The first-order valence-electron chi connectivity index (χ1n) is 10.3. The zero-order valence-corrected chi connectivity index (χ0v) is 19.8. The molecule has 1 saturated heterocycles. The van der Waals surface area contributed by atoms with Gasteiger partial charge in [-0.1, -0.05) is 12.1 Å². The third-order valence-corrected chi connectivity index (χ3v) is 5.29. The molecule has 1 aromatic carbocycles. The van der Waals surface area contributed by atoms with Crippen LogP contribution >= 0.6 is 24.0 Å². The molecule has 0 aliphatic carbocycles. The Morgan fingerprint density at radius 3 is 2.41 bits per heavy atom. The summed E-state index contributed by atoms with van der Waals surface area (Å²) in [7, 11) is 2.02. The van der Waals surface area contributed by atoms with Crippen LogP contribution in [0.15, 0.2) is 47.7 Å². The molecular weight excluding hydrogens is 477 g/mol. The van der Waals surface area contributed by atoms with E-state index in [0.29, 0.717) is 19.1 Å². The summed E-state index contributed by atoms with van der Waals surface area (Å²) in [6.07, 6.45) is 6.28. The third-order valence-electron chi connectivity index (χ3n) is 5.29. The van der Waals surface area contributed by atoms with E-state index in [2.05, 4.69) is 64.0 Å². The van der Waals surface area contributed by atoms with Gasteiger partial charge in [-0.3, -0.25) is 0 Å². The zero-order valence-electron chi connectivity index (χ0n) is 17.5. The van der Waals surface area contributed by atoms with Gasteiger partial charge in [0.15, 0.2) is 5.96 Å². The Balaban J connectivity index is 0.00000300. The lowest BCUT2D eigenvalue weighted by Crippen LogP contribution is -2.36. The Morgan fingerprint density at radius 1 is 1.10 bits per heavy atom. The minimum absolute atomic E-state index is 0. The molecule has 0 amide bonds. The molecule has 3 rings (SSSR count). The molecule has 0 bridgehead atoms. The van der Waals surface area contributed by atoms with Crippen molar-refractivity contribution in [3.8, 4) is 0 Å². The second kappa shape index (κ2) is 12.1. The summed E-state index contributed by atoms with van der Waals surface area (Å²) in [6.45, 7) is 6.70. The third kappa shape index (κ3) is 7.22. The van der Waals surface area contributed by atoms with E-state index in [9.17, 15) is 5.11 Å². The number of nitrogens with zero attached hydrogens (tertiary/aromatic N) is 3. The molecule has 2 aromatic rings. The van der Waals surface area contributed by atoms with Crippen molar-refractivity contribution in [3.05, 3.63) is 53.9 Å². The number of aliphatic hydroxyl groups excluding tert-OH is 1. The highest BCUT2D eigenvalue weighted by Crippen LogP contribution is 2.23. The number of piperidine rings is 1. The molecule has 6 nitrogen and oxygen atoms in total. The van der Waals surface area contributed by atoms with Crippen molar-refractivity contribution in [1.82, 2.24) is 15.2 Å². The molecule has 3 N–H and O–H groups in total. The number of aromatic nitrogens is 1. The number of hydrogen-bond acceptors (Lipinski definition) is 3. The smallest absolute Gasteiger partial charge is 0.191 e. The second-order valence-electron chi connectivity index (χ2n) is 7.51. The summed E-state index contributed by atoms with van der Waals surface area (Å²) in [5, 5.41) is 16.0. The van der Waals surface area contributed by atoms with Gasteiger partial charge >= 0.3 is 0 Å². The summed E-state index contributed by atoms with van der Waals surface area (Å²) in [6, 6.07) is 10.9. The highest BCUT2D eigenvalue weighted by Gasteiger charge is 2.18. The molecule has 2 heterocycles. The summed E-state index contributed by atoms with van der Waals surface area (Å²) < 4.78 is 2.04. The fourth-order valence-corrected chi connectivity index (χ4v) is 3.55. The molecule has 0 atom stereocenters. The van der Waals surface area contributed by atoms with E-state index < -0.39 is 0 Å².